The van der Waals surface area contributed by atoms with Crippen LogP contribution in [0.4, 0.5) is 0 Å². The number of nitrogens with one attached hydrogen (secondary N) is 2. The van der Waals surface area contributed by atoms with Crippen LogP contribution in [0.3, 0.4) is 0 Å². The first-order valence-corrected chi connectivity index (χ1v) is 8.48. The molecule has 2 N–H and O–H groups in total. The molecular weight excluding hydrogens is 437 g/mol. The smallest absolute Gasteiger partial charge is 0.191 e. The summed E-state index contributed by atoms with van der Waals surface area (Å²) in [6, 6.07) is 3.73. The highest BCUT2D eigenvalue weighted by atomic mass is 127. The Morgan fingerprint density at radius 2 is 2.21 bits per heavy atom. The molecule has 0 atom stereocenters. The number of aromatic nitrogens is 2. The van der Waals surface area contributed by atoms with E-state index in [1.54, 1.807) is 30.8 Å². The first kappa shape index (κ1) is 20.6. The molecule has 0 aliphatic heterocycles. The van der Waals surface area contributed by atoms with Crippen LogP contribution >= 0.6 is 35.3 Å². The summed E-state index contributed by atoms with van der Waals surface area (Å²) in [4.78, 5) is 12.8. The number of thiazole rings is 1. The van der Waals surface area contributed by atoms with Crippen molar-refractivity contribution in [3.63, 3.8) is 0 Å². The fourth-order valence-corrected chi connectivity index (χ4v) is 2.72. The zero-order valence-corrected chi connectivity index (χ0v) is 17.3. The highest BCUT2D eigenvalue weighted by Gasteiger charge is 2.06. The Hall–Kier alpha value is -1.42. The number of aliphatic imine (C=N–C) groups is 1. The third-order valence-corrected chi connectivity index (χ3v) is 3.96. The molecule has 2 aromatic rings. The monoisotopic (exact) mass is 461 g/mol. The maximum absolute atomic E-state index is 5.58. The van der Waals surface area contributed by atoms with E-state index in [9.17, 15) is 0 Å². The predicted octanol–water partition coefficient (Wildman–Crippen LogP) is 3.02. The van der Waals surface area contributed by atoms with E-state index in [4.69, 9.17) is 4.74 Å². The minimum Gasteiger partial charge on any atom is -0.490 e. The third-order valence-electron chi connectivity index (χ3n) is 3.09. The second kappa shape index (κ2) is 11.2. The Kier molecular flexibility index (Phi) is 9.62. The van der Waals surface area contributed by atoms with E-state index < -0.39 is 0 Å². The predicted molar refractivity (Wildman–Crippen MR) is 110 cm³/mol. The van der Waals surface area contributed by atoms with Crippen molar-refractivity contribution in [2.45, 2.75) is 26.3 Å². The number of nitrogens with zero attached hydrogens (tertiary/aromatic N) is 3. The number of hydrogen-bond donors (Lipinski definition) is 2. The largest absolute Gasteiger partial charge is 0.490 e. The van der Waals surface area contributed by atoms with E-state index in [1.807, 2.05) is 12.1 Å². The van der Waals surface area contributed by atoms with E-state index in [0.29, 0.717) is 25.6 Å². The van der Waals surface area contributed by atoms with Crippen molar-refractivity contribution < 1.29 is 4.74 Å². The average molecular weight is 461 g/mol. The fourth-order valence-electron chi connectivity index (χ4n) is 1.82. The number of halogens is 1. The second-order valence-electron chi connectivity index (χ2n) is 5.21. The SMILES string of the molecule is CN=C(NCCOc1cccnc1)NCc1nc(C(C)C)cs1.I. The Balaban J connectivity index is 0.00000288. The summed E-state index contributed by atoms with van der Waals surface area (Å²) >= 11 is 1.67. The first-order chi connectivity index (χ1) is 11.2. The van der Waals surface area contributed by atoms with Crippen LogP contribution in [0, 0.1) is 0 Å². The van der Waals surface area contributed by atoms with Crippen LogP contribution in [0.5, 0.6) is 5.75 Å². The molecule has 0 amide bonds. The molecule has 0 aliphatic carbocycles. The molecular formula is C16H24IN5OS. The van der Waals surface area contributed by atoms with Crippen LogP contribution in [0.25, 0.3) is 0 Å². The van der Waals surface area contributed by atoms with Gasteiger partial charge in [0.1, 0.15) is 17.4 Å². The lowest BCUT2D eigenvalue weighted by molar-refractivity contribution is 0.320. The number of guanidine groups is 1. The molecule has 8 heteroatoms. The van der Waals surface area contributed by atoms with Crippen molar-refractivity contribution in [2.75, 3.05) is 20.2 Å². The lowest BCUT2D eigenvalue weighted by atomic mass is 10.2. The molecule has 2 aromatic heterocycles. The van der Waals surface area contributed by atoms with Gasteiger partial charge in [-0.3, -0.25) is 9.98 Å². The minimum absolute atomic E-state index is 0. The Labute approximate surface area is 164 Å². The van der Waals surface area contributed by atoms with Gasteiger partial charge in [0, 0.05) is 18.6 Å². The Morgan fingerprint density at radius 3 is 2.83 bits per heavy atom. The van der Waals surface area contributed by atoms with Crippen molar-refractivity contribution in [3.05, 3.63) is 40.6 Å². The van der Waals surface area contributed by atoms with Crippen molar-refractivity contribution in [1.82, 2.24) is 20.6 Å². The standard InChI is InChI=1S/C16H23N5OS.HI/c1-12(2)14-11-23-15(21-14)10-20-16(17-3)19-7-8-22-13-5-4-6-18-9-13;/h4-6,9,11-12H,7-8,10H2,1-3H3,(H2,17,19,20);1H. The van der Waals surface area contributed by atoms with Gasteiger partial charge in [-0.15, -0.1) is 35.3 Å². The van der Waals surface area contributed by atoms with E-state index in [0.717, 1.165) is 22.4 Å². The topological polar surface area (TPSA) is 71.4 Å². The highest BCUT2D eigenvalue weighted by molar-refractivity contribution is 14.0. The van der Waals surface area contributed by atoms with Gasteiger partial charge in [-0.05, 0) is 18.1 Å². The van der Waals surface area contributed by atoms with Gasteiger partial charge >= 0.3 is 0 Å². The molecule has 0 radical (unpaired) electrons. The van der Waals surface area contributed by atoms with Gasteiger partial charge < -0.3 is 15.4 Å². The summed E-state index contributed by atoms with van der Waals surface area (Å²) in [5.41, 5.74) is 1.14. The molecule has 0 saturated heterocycles. The fraction of sp³-hybridized carbons (Fsp3) is 0.438. The summed E-state index contributed by atoms with van der Waals surface area (Å²) in [6.07, 6.45) is 3.42. The summed E-state index contributed by atoms with van der Waals surface area (Å²) in [5, 5.41) is 9.63. The molecule has 6 nitrogen and oxygen atoms in total. The molecule has 0 bridgehead atoms. The molecule has 0 spiro atoms. The summed E-state index contributed by atoms with van der Waals surface area (Å²) in [7, 11) is 1.75. The molecule has 0 aromatic carbocycles. The minimum atomic E-state index is 0. The average Bonchev–Trinajstić information content (AvgIpc) is 3.04. The van der Waals surface area contributed by atoms with Crippen LogP contribution in [0.1, 0.15) is 30.5 Å². The molecule has 0 saturated carbocycles. The molecule has 0 aliphatic rings. The van der Waals surface area contributed by atoms with Crippen LogP contribution in [0.15, 0.2) is 34.9 Å². The number of rotatable bonds is 7. The van der Waals surface area contributed by atoms with Gasteiger partial charge in [0.25, 0.3) is 0 Å². The van der Waals surface area contributed by atoms with Gasteiger partial charge in [0.15, 0.2) is 5.96 Å². The van der Waals surface area contributed by atoms with E-state index in [1.165, 1.54) is 0 Å². The molecule has 132 valence electrons. The first-order valence-electron chi connectivity index (χ1n) is 7.60. The number of pyridine rings is 1. The zero-order chi connectivity index (χ0) is 16.5. The highest BCUT2D eigenvalue weighted by Crippen LogP contribution is 2.17. The van der Waals surface area contributed by atoms with E-state index in [2.05, 4.69) is 44.8 Å². The quantitative estimate of drug-likeness (QED) is 0.287. The Morgan fingerprint density at radius 1 is 1.38 bits per heavy atom. The van der Waals surface area contributed by atoms with Crippen molar-refractivity contribution in [1.29, 1.82) is 0 Å². The lowest BCUT2D eigenvalue weighted by Gasteiger charge is -2.11. The van der Waals surface area contributed by atoms with Gasteiger partial charge in [-0.25, -0.2) is 4.98 Å². The maximum atomic E-state index is 5.58. The van der Waals surface area contributed by atoms with Crippen molar-refractivity contribution in [2.24, 2.45) is 4.99 Å². The normalized spacial score (nSPS) is 11.1. The number of hydrogen-bond acceptors (Lipinski definition) is 5. The molecule has 0 fully saturated rings. The second-order valence-corrected chi connectivity index (χ2v) is 6.15. The van der Waals surface area contributed by atoms with Crippen LogP contribution in [-0.2, 0) is 6.54 Å². The maximum Gasteiger partial charge on any atom is 0.191 e. The van der Waals surface area contributed by atoms with Gasteiger partial charge in [0.2, 0.25) is 0 Å². The zero-order valence-electron chi connectivity index (χ0n) is 14.2. The molecule has 2 rings (SSSR count). The lowest BCUT2D eigenvalue weighted by Crippen LogP contribution is -2.38. The number of ether oxygens (including phenoxy) is 1. The summed E-state index contributed by atoms with van der Waals surface area (Å²) in [6.45, 7) is 6.16. The molecule has 24 heavy (non-hydrogen) atoms. The Bertz CT molecular complexity index is 618. The summed E-state index contributed by atoms with van der Waals surface area (Å²) < 4.78 is 5.58. The van der Waals surface area contributed by atoms with E-state index >= 15 is 0 Å². The van der Waals surface area contributed by atoms with Gasteiger partial charge in [0.05, 0.1) is 25.0 Å². The third kappa shape index (κ3) is 7.00. The van der Waals surface area contributed by atoms with Crippen molar-refractivity contribution in [3.8, 4) is 5.75 Å². The van der Waals surface area contributed by atoms with Crippen LogP contribution < -0.4 is 15.4 Å². The van der Waals surface area contributed by atoms with Gasteiger partial charge in [-0.2, -0.15) is 0 Å². The molecule has 0 unspecified atom stereocenters. The molecule has 2 heterocycles. The van der Waals surface area contributed by atoms with Crippen LogP contribution in [-0.4, -0.2) is 36.1 Å². The van der Waals surface area contributed by atoms with E-state index in [-0.39, 0.29) is 24.0 Å². The van der Waals surface area contributed by atoms with Gasteiger partial charge in [-0.1, -0.05) is 13.8 Å². The van der Waals surface area contributed by atoms with Crippen molar-refractivity contribution >= 4 is 41.3 Å². The summed E-state index contributed by atoms with van der Waals surface area (Å²) in [5.74, 6) is 1.96. The van der Waals surface area contributed by atoms with Crippen LogP contribution in [0.2, 0.25) is 0 Å².